The number of carbonyl (C=O) groups excluding carboxylic acids is 2. The quantitative estimate of drug-likeness (QED) is 0.800. The highest BCUT2D eigenvalue weighted by atomic mass is 32.2. The van der Waals surface area contributed by atoms with Crippen LogP contribution in [0, 0.1) is 5.92 Å². The molecule has 2 atom stereocenters. The zero-order valence-corrected chi connectivity index (χ0v) is 13.0. The van der Waals surface area contributed by atoms with Gasteiger partial charge in [-0.15, -0.1) is 0 Å². The molecule has 2 fully saturated rings. The maximum Gasteiger partial charge on any atom is 0.409 e. The van der Waals surface area contributed by atoms with E-state index in [0.717, 1.165) is 6.42 Å². The van der Waals surface area contributed by atoms with Crippen LogP contribution in [0.2, 0.25) is 0 Å². The summed E-state index contributed by atoms with van der Waals surface area (Å²) in [4.78, 5) is 25.4. The second-order valence-corrected chi connectivity index (χ2v) is 7.82. The third-order valence-electron chi connectivity index (χ3n) is 3.90. The van der Waals surface area contributed by atoms with Gasteiger partial charge in [0.05, 0.1) is 24.0 Å². The number of likely N-dealkylation sites (tertiary alicyclic amines) is 1. The van der Waals surface area contributed by atoms with E-state index in [-0.39, 0.29) is 29.4 Å². The number of ether oxygens (including phenoxy) is 1. The molecule has 2 saturated heterocycles. The fourth-order valence-electron chi connectivity index (χ4n) is 2.80. The maximum absolute atomic E-state index is 12.2. The molecule has 0 aliphatic carbocycles. The van der Waals surface area contributed by atoms with E-state index in [1.54, 1.807) is 11.8 Å². The number of sulfone groups is 1. The van der Waals surface area contributed by atoms with Crippen LogP contribution in [0.25, 0.3) is 0 Å². The largest absolute Gasteiger partial charge is 0.450 e. The van der Waals surface area contributed by atoms with Gasteiger partial charge >= 0.3 is 6.09 Å². The van der Waals surface area contributed by atoms with Crippen molar-refractivity contribution in [2.24, 2.45) is 5.92 Å². The van der Waals surface area contributed by atoms with E-state index in [0.29, 0.717) is 32.5 Å². The smallest absolute Gasteiger partial charge is 0.409 e. The zero-order valence-electron chi connectivity index (χ0n) is 12.2. The minimum atomic E-state index is -3.00. The lowest BCUT2D eigenvalue weighted by molar-refractivity contribution is -0.127. The van der Waals surface area contributed by atoms with Crippen molar-refractivity contribution in [1.29, 1.82) is 0 Å². The lowest BCUT2D eigenvalue weighted by Gasteiger charge is -2.31. The van der Waals surface area contributed by atoms with Gasteiger partial charge in [0.1, 0.15) is 0 Å². The van der Waals surface area contributed by atoms with Crippen molar-refractivity contribution < 1.29 is 22.7 Å². The summed E-state index contributed by atoms with van der Waals surface area (Å²) in [5.74, 6) is -0.289. The minimum absolute atomic E-state index is 0.0209. The summed E-state index contributed by atoms with van der Waals surface area (Å²) in [5, 5.41) is 2.80. The second kappa shape index (κ2) is 6.64. The summed E-state index contributed by atoms with van der Waals surface area (Å²) in [6.07, 6.45) is 1.54. The monoisotopic (exact) mass is 318 g/mol. The predicted molar refractivity (Wildman–Crippen MR) is 76.5 cm³/mol. The molecule has 2 aliphatic heterocycles. The third-order valence-corrected chi connectivity index (χ3v) is 5.66. The topological polar surface area (TPSA) is 92.8 Å². The van der Waals surface area contributed by atoms with Crippen molar-refractivity contribution in [3.8, 4) is 0 Å². The summed E-state index contributed by atoms with van der Waals surface area (Å²) in [5.41, 5.74) is 0. The molecule has 2 heterocycles. The van der Waals surface area contributed by atoms with E-state index >= 15 is 0 Å². The summed E-state index contributed by atoms with van der Waals surface area (Å²) >= 11 is 0. The van der Waals surface area contributed by atoms with E-state index in [2.05, 4.69) is 5.32 Å². The zero-order chi connectivity index (χ0) is 15.5. The van der Waals surface area contributed by atoms with E-state index in [4.69, 9.17) is 4.74 Å². The Morgan fingerprint density at radius 3 is 2.71 bits per heavy atom. The molecule has 0 aromatic rings. The van der Waals surface area contributed by atoms with E-state index in [9.17, 15) is 18.0 Å². The van der Waals surface area contributed by atoms with Crippen molar-refractivity contribution in [2.45, 2.75) is 32.2 Å². The van der Waals surface area contributed by atoms with Gasteiger partial charge in [-0.3, -0.25) is 4.79 Å². The van der Waals surface area contributed by atoms with Gasteiger partial charge in [0.2, 0.25) is 5.91 Å². The highest BCUT2D eigenvalue weighted by molar-refractivity contribution is 7.91. The molecule has 2 aliphatic rings. The summed E-state index contributed by atoms with van der Waals surface area (Å²) in [6, 6.07) is -0.291. The number of nitrogens with zero attached hydrogens (tertiary/aromatic N) is 1. The molecule has 0 aromatic heterocycles. The van der Waals surface area contributed by atoms with Crippen LogP contribution in [0.5, 0.6) is 0 Å². The Bertz CT molecular complexity index is 505. The summed E-state index contributed by atoms with van der Waals surface area (Å²) in [6.45, 7) is 2.99. The fourth-order valence-corrected chi connectivity index (χ4v) is 4.47. The summed E-state index contributed by atoms with van der Waals surface area (Å²) in [7, 11) is -3.00. The lowest BCUT2D eigenvalue weighted by atomic mass is 9.97. The molecule has 120 valence electrons. The lowest BCUT2D eigenvalue weighted by Crippen LogP contribution is -2.48. The predicted octanol–water partition coefficient (Wildman–Crippen LogP) is 0.158. The Hall–Kier alpha value is -1.31. The standard InChI is InChI=1S/C13H22N2O5S/c1-2-20-13(17)15-6-3-4-10(8-15)12(16)14-11-5-7-21(18,19)9-11/h10-11H,2-9H2,1H3,(H,14,16)/t10-,11-/m0/s1. The Morgan fingerprint density at radius 2 is 2.10 bits per heavy atom. The van der Waals surface area contributed by atoms with Crippen molar-refractivity contribution in [3.63, 3.8) is 0 Å². The SMILES string of the molecule is CCOC(=O)N1CCC[C@H](C(=O)N[C@H]2CCS(=O)(=O)C2)C1. The van der Waals surface area contributed by atoms with E-state index in [1.165, 1.54) is 0 Å². The molecule has 0 aromatic carbocycles. The molecular weight excluding hydrogens is 296 g/mol. The van der Waals surface area contributed by atoms with Crippen LogP contribution in [0.3, 0.4) is 0 Å². The molecule has 2 rings (SSSR count). The minimum Gasteiger partial charge on any atom is -0.450 e. The molecule has 7 nitrogen and oxygen atoms in total. The van der Waals surface area contributed by atoms with Crippen molar-refractivity contribution in [2.75, 3.05) is 31.2 Å². The highest BCUT2D eigenvalue weighted by Crippen LogP contribution is 2.19. The number of hydrogen-bond acceptors (Lipinski definition) is 5. The van der Waals surface area contributed by atoms with Crippen molar-refractivity contribution >= 4 is 21.8 Å². The molecule has 0 radical (unpaired) electrons. The average molecular weight is 318 g/mol. The molecule has 21 heavy (non-hydrogen) atoms. The van der Waals surface area contributed by atoms with Crippen LogP contribution in [0.1, 0.15) is 26.2 Å². The average Bonchev–Trinajstić information content (AvgIpc) is 2.78. The summed E-state index contributed by atoms with van der Waals surface area (Å²) < 4.78 is 27.7. The molecule has 0 spiro atoms. The van der Waals surface area contributed by atoms with Crippen LogP contribution in [-0.2, 0) is 19.4 Å². The number of piperidine rings is 1. The van der Waals surface area contributed by atoms with Crippen LogP contribution in [0.4, 0.5) is 4.79 Å². The van der Waals surface area contributed by atoms with E-state index in [1.807, 2.05) is 0 Å². The molecule has 0 saturated carbocycles. The Balaban J connectivity index is 1.86. The molecule has 1 N–H and O–H groups in total. The molecule has 8 heteroatoms. The van der Waals surface area contributed by atoms with Crippen molar-refractivity contribution in [3.05, 3.63) is 0 Å². The number of rotatable bonds is 3. The molecular formula is C13H22N2O5S. The maximum atomic E-state index is 12.2. The van der Waals surface area contributed by atoms with Crippen LogP contribution in [0.15, 0.2) is 0 Å². The van der Waals surface area contributed by atoms with Gasteiger partial charge < -0.3 is 15.0 Å². The number of hydrogen-bond donors (Lipinski definition) is 1. The van der Waals surface area contributed by atoms with Gasteiger partial charge in [-0.2, -0.15) is 0 Å². The number of amides is 2. The molecule has 2 amide bonds. The highest BCUT2D eigenvalue weighted by Gasteiger charge is 2.33. The van der Waals surface area contributed by atoms with Gasteiger partial charge in [0, 0.05) is 19.1 Å². The first-order chi connectivity index (χ1) is 9.91. The first-order valence-electron chi connectivity index (χ1n) is 7.34. The first-order valence-corrected chi connectivity index (χ1v) is 9.16. The van der Waals surface area contributed by atoms with Crippen molar-refractivity contribution in [1.82, 2.24) is 10.2 Å². The molecule has 0 bridgehead atoms. The Morgan fingerprint density at radius 1 is 1.33 bits per heavy atom. The van der Waals surface area contributed by atoms with Crippen LogP contribution < -0.4 is 5.32 Å². The Labute approximate surface area is 124 Å². The Kier molecular flexibility index (Phi) is 5.08. The normalized spacial score (nSPS) is 28.1. The van der Waals surface area contributed by atoms with Gasteiger partial charge in [0.15, 0.2) is 9.84 Å². The van der Waals surface area contributed by atoms with Gasteiger partial charge in [-0.25, -0.2) is 13.2 Å². The van der Waals surface area contributed by atoms with Gasteiger partial charge in [-0.1, -0.05) is 0 Å². The fraction of sp³-hybridized carbons (Fsp3) is 0.846. The second-order valence-electron chi connectivity index (χ2n) is 5.59. The van der Waals surface area contributed by atoms with E-state index < -0.39 is 15.9 Å². The van der Waals surface area contributed by atoms with Crippen LogP contribution >= 0.6 is 0 Å². The third kappa shape index (κ3) is 4.33. The van der Waals surface area contributed by atoms with Gasteiger partial charge in [0.25, 0.3) is 0 Å². The molecule has 0 unspecified atom stereocenters. The van der Waals surface area contributed by atoms with Gasteiger partial charge in [-0.05, 0) is 26.2 Å². The first kappa shape index (κ1) is 16.1. The number of carbonyl (C=O) groups is 2. The number of nitrogens with one attached hydrogen (secondary N) is 1. The van der Waals surface area contributed by atoms with Crippen LogP contribution in [-0.4, -0.2) is 62.6 Å².